The summed E-state index contributed by atoms with van der Waals surface area (Å²) in [4.78, 5) is 10.5. The van der Waals surface area contributed by atoms with Gasteiger partial charge in [0.1, 0.15) is 5.75 Å². The van der Waals surface area contributed by atoms with Crippen LogP contribution >= 0.6 is 15.9 Å². The fourth-order valence-corrected chi connectivity index (χ4v) is 2.44. The molecule has 3 nitrogen and oxygen atoms in total. The molecule has 1 atom stereocenters. The molecule has 0 aromatic heterocycles. The van der Waals surface area contributed by atoms with Crippen LogP contribution in [0.4, 0.5) is 0 Å². The molecule has 76 valence electrons. The topological polar surface area (TPSA) is 60.2 Å². The second-order valence-corrected chi connectivity index (χ2v) is 5.20. The number of hydrogen-bond donors (Lipinski definition) is 1. The van der Waals surface area contributed by atoms with Gasteiger partial charge in [0.25, 0.3) is 0 Å². The molecule has 0 aliphatic carbocycles. The molecule has 0 spiro atoms. The number of carbonyl (C=O) groups excluding carboxylic acids is 1. The zero-order chi connectivity index (χ0) is 10.6. The van der Waals surface area contributed by atoms with E-state index in [0.717, 1.165) is 10.0 Å². The van der Waals surface area contributed by atoms with Gasteiger partial charge in [0, 0.05) is 21.0 Å². The first-order chi connectivity index (χ1) is 6.58. The smallest absolute Gasteiger partial charge is 0.230 e. The summed E-state index contributed by atoms with van der Waals surface area (Å²) in [7, 11) is -1.20. The maximum absolute atomic E-state index is 11.3. The van der Waals surface area contributed by atoms with E-state index in [2.05, 4.69) is 15.9 Å². The van der Waals surface area contributed by atoms with Gasteiger partial charge in [-0.3, -0.25) is 9.00 Å². The number of primary amides is 1. The number of carbonyl (C=O) groups is 1. The third kappa shape index (κ3) is 4.02. The standard InChI is InChI=1S/C9H10BrNO2S/c10-8-3-1-2-7(4-8)5-14(13)6-9(11)12/h1-4H,5-6H2,(H2,11,12). The predicted molar refractivity (Wildman–Crippen MR) is 60.0 cm³/mol. The lowest BCUT2D eigenvalue weighted by Gasteiger charge is -2.00. The molecule has 0 bridgehead atoms. The van der Waals surface area contributed by atoms with Crippen molar-refractivity contribution in [3.63, 3.8) is 0 Å². The van der Waals surface area contributed by atoms with Gasteiger partial charge >= 0.3 is 0 Å². The molecule has 0 radical (unpaired) electrons. The van der Waals surface area contributed by atoms with Gasteiger partial charge in [-0.1, -0.05) is 28.1 Å². The van der Waals surface area contributed by atoms with Gasteiger partial charge in [0.2, 0.25) is 5.91 Å². The molecule has 1 unspecified atom stereocenters. The first kappa shape index (κ1) is 11.4. The summed E-state index contributed by atoms with van der Waals surface area (Å²) in [5, 5.41) is 0. The van der Waals surface area contributed by atoms with E-state index in [1.807, 2.05) is 24.3 Å². The Morgan fingerprint density at radius 2 is 2.21 bits per heavy atom. The Balaban J connectivity index is 2.60. The number of rotatable bonds is 4. The molecule has 0 saturated heterocycles. The van der Waals surface area contributed by atoms with Crippen LogP contribution in [0, 0.1) is 0 Å². The molecule has 14 heavy (non-hydrogen) atoms. The summed E-state index contributed by atoms with van der Waals surface area (Å²) in [6.45, 7) is 0. The van der Waals surface area contributed by atoms with Crippen LogP contribution in [0.15, 0.2) is 28.7 Å². The van der Waals surface area contributed by atoms with Gasteiger partial charge in [-0.25, -0.2) is 0 Å². The van der Waals surface area contributed by atoms with E-state index in [-0.39, 0.29) is 5.75 Å². The molecular formula is C9H10BrNO2S. The fourth-order valence-electron chi connectivity index (χ4n) is 1.02. The van der Waals surface area contributed by atoms with Gasteiger partial charge < -0.3 is 5.73 Å². The molecule has 1 aromatic carbocycles. The van der Waals surface area contributed by atoms with E-state index in [0.29, 0.717) is 5.75 Å². The Labute approximate surface area is 93.3 Å². The molecule has 1 amide bonds. The highest BCUT2D eigenvalue weighted by molar-refractivity contribution is 9.10. The SMILES string of the molecule is NC(=O)CS(=O)Cc1cccc(Br)c1. The highest BCUT2D eigenvalue weighted by Gasteiger charge is 2.05. The second-order valence-electron chi connectivity index (χ2n) is 2.82. The Bertz CT molecular complexity index is 368. The average Bonchev–Trinajstić information content (AvgIpc) is 2.01. The maximum atomic E-state index is 11.3. The zero-order valence-corrected chi connectivity index (χ0v) is 9.81. The number of benzene rings is 1. The minimum atomic E-state index is -1.20. The molecule has 5 heteroatoms. The molecule has 1 aromatic rings. The van der Waals surface area contributed by atoms with Crippen molar-refractivity contribution in [2.24, 2.45) is 5.73 Å². The van der Waals surface area contributed by atoms with Crippen LogP contribution in [0.25, 0.3) is 0 Å². The van der Waals surface area contributed by atoms with Crippen molar-refractivity contribution < 1.29 is 9.00 Å². The van der Waals surface area contributed by atoms with E-state index in [4.69, 9.17) is 5.73 Å². The third-order valence-electron chi connectivity index (χ3n) is 1.52. The van der Waals surface area contributed by atoms with Crippen LogP contribution in [0.5, 0.6) is 0 Å². The van der Waals surface area contributed by atoms with Crippen molar-refractivity contribution in [2.75, 3.05) is 5.75 Å². The summed E-state index contributed by atoms with van der Waals surface area (Å²) in [6, 6.07) is 7.49. The lowest BCUT2D eigenvalue weighted by atomic mass is 10.2. The summed E-state index contributed by atoms with van der Waals surface area (Å²) in [5.41, 5.74) is 5.87. The van der Waals surface area contributed by atoms with Crippen molar-refractivity contribution in [3.8, 4) is 0 Å². The van der Waals surface area contributed by atoms with Crippen molar-refractivity contribution in [1.29, 1.82) is 0 Å². The van der Waals surface area contributed by atoms with Crippen LogP contribution in [-0.4, -0.2) is 15.9 Å². The van der Waals surface area contributed by atoms with Crippen LogP contribution < -0.4 is 5.73 Å². The molecule has 0 aliphatic rings. The van der Waals surface area contributed by atoms with Crippen molar-refractivity contribution in [1.82, 2.24) is 0 Å². The highest BCUT2D eigenvalue weighted by atomic mass is 79.9. The number of hydrogen-bond acceptors (Lipinski definition) is 2. The van der Waals surface area contributed by atoms with Crippen LogP contribution in [0.1, 0.15) is 5.56 Å². The summed E-state index contributed by atoms with van der Waals surface area (Å²) in [5.74, 6) is -0.243. The monoisotopic (exact) mass is 275 g/mol. The normalized spacial score (nSPS) is 12.4. The van der Waals surface area contributed by atoms with Gasteiger partial charge in [0.05, 0.1) is 0 Å². The van der Waals surface area contributed by atoms with Crippen molar-refractivity contribution in [2.45, 2.75) is 5.75 Å². The maximum Gasteiger partial charge on any atom is 0.230 e. The minimum absolute atomic E-state index is 0.0769. The Hall–Kier alpha value is -0.680. The predicted octanol–water partition coefficient (Wildman–Crippen LogP) is 1.18. The Morgan fingerprint density at radius 3 is 2.79 bits per heavy atom. The largest absolute Gasteiger partial charge is 0.369 e. The number of nitrogens with two attached hydrogens (primary N) is 1. The quantitative estimate of drug-likeness (QED) is 0.897. The van der Waals surface area contributed by atoms with Crippen molar-refractivity contribution in [3.05, 3.63) is 34.3 Å². The average molecular weight is 276 g/mol. The van der Waals surface area contributed by atoms with Crippen LogP contribution in [0.3, 0.4) is 0 Å². The van der Waals surface area contributed by atoms with E-state index >= 15 is 0 Å². The van der Waals surface area contributed by atoms with E-state index in [9.17, 15) is 9.00 Å². The lowest BCUT2D eigenvalue weighted by molar-refractivity contribution is -0.115. The van der Waals surface area contributed by atoms with Crippen LogP contribution in [-0.2, 0) is 21.3 Å². The van der Waals surface area contributed by atoms with E-state index in [1.54, 1.807) is 0 Å². The lowest BCUT2D eigenvalue weighted by Crippen LogP contribution is -2.20. The van der Waals surface area contributed by atoms with Gasteiger partial charge in [-0.15, -0.1) is 0 Å². The Kier molecular flexibility index (Phi) is 4.28. The van der Waals surface area contributed by atoms with Crippen molar-refractivity contribution >= 4 is 32.6 Å². The number of amides is 1. The van der Waals surface area contributed by atoms with Gasteiger partial charge in [0.15, 0.2) is 0 Å². The highest BCUT2D eigenvalue weighted by Crippen LogP contribution is 2.12. The van der Waals surface area contributed by atoms with E-state index < -0.39 is 16.7 Å². The van der Waals surface area contributed by atoms with Gasteiger partial charge in [-0.05, 0) is 17.7 Å². The summed E-state index contributed by atoms with van der Waals surface area (Å²) >= 11 is 3.31. The molecule has 0 heterocycles. The molecule has 1 rings (SSSR count). The zero-order valence-electron chi connectivity index (χ0n) is 7.40. The second kappa shape index (κ2) is 5.26. The molecule has 2 N–H and O–H groups in total. The Morgan fingerprint density at radius 1 is 1.50 bits per heavy atom. The number of halogens is 1. The molecule has 0 aliphatic heterocycles. The molecule has 0 fully saturated rings. The summed E-state index contributed by atoms with van der Waals surface area (Å²) in [6.07, 6.45) is 0. The molecule has 0 saturated carbocycles. The summed E-state index contributed by atoms with van der Waals surface area (Å²) < 4.78 is 12.3. The fraction of sp³-hybridized carbons (Fsp3) is 0.222. The van der Waals surface area contributed by atoms with Gasteiger partial charge in [-0.2, -0.15) is 0 Å². The van der Waals surface area contributed by atoms with E-state index in [1.165, 1.54) is 0 Å². The van der Waals surface area contributed by atoms with Crippen LogP contribution in [0.2, 0.25) is 0 Å². The first-order valence-electron chi connectivity index (χ1n) is 3.95. The minimum Gasteiger partial charge on any atom is -0.369 e. The third-order valence-corrected chi connectivity index (χ3v) is 3.27. The first-order valence-corrected chi connectivity index (χ1v) is 6.24. The molecular weight excluding hydrogens is 266 g/mol.